The lowest BCUT2D eigenvalue weighted by Crippen LogP contribution is -2.37. The Balaban J connectivity index is 2.13. The molecule has 140 valence electrons. The number of aromatic nitrogens is 2. The lowest BCUT2D eigenvalue weighted by Gasteiger charge is -2.07. The average Bonchev–Trinajstić information content (AvgIpc) is 2.96. The van der Waals surface area contributed by atoms with Crippen molar-refractivity contribution in [1.29, 1.82) is 0 Å². The molecule has 0 bridgehead atoms. The molecule has 0 spiro atoms. The molecule has 1 rings (SSSR count). The highest BCUT2D eigenvalue weighted by Crippen LogP contribution is 2.14. The monoisotopic (exact) mass is 335 g/mol. The first-order valence-corrected chi connectivity index (χ1v) is 10.8. The fourth-order valence-electron chi connectivity index (χ4n) is 3.61. The summed E-state index contributed by atoms with van der Waals surface area (Å²) in [4.78, 5) is 0. The lowest BCUT2D eigenvalue weighted by atomic mass is 10.1. The van der Waals surface area contributed by atoms with Crippen LogP contribution < -0.4 is 4.57 Å². The first-order chi connectivity index (χ1) is 11.7. The molecule has 1 aromatic rings. The molecule has 1 heterocycles. The highest BCUT2D eigenvalue weighted by molar-refractivity contribution is 4.86. The molecule has 0 saturated carbocycles. The maximum Gasteiger partial charge on any atom is 0.256 e. The Morgan fingerprint density at radius 3 is 1.83 bits per heavy atom. The van der Waals surface area contributed by atoms with Crippen molar-refractivity contribution in [3.05, 3.63) is 18.2 Å². The maximum atomic E-state index is 2.47. The molecule has 2 nitrogen and oxygen atoms in total. The van der Waals surface area contributed by atoms with Gasteiger partial charge in [0.2, 0.25) is 0 Å². The van der Waals surface area contributed by atoms with E-state index in [1.165, 1.54) is 89.3 Å². The number of nitrogens with zero attached hydrogens (tertiary/aromatic N) is 2. The maximum absolute atomic E-state index is 2.47. The Kier molecular flexibility index (Phi) is 12.0. The molecule has 0 fully saturated rings. The second-order valence-electron chi connectivity index (χ2n) is 7.69. The van der Waals surface area contributed by atoms with Gasteiger partial charge in [0, 0.05) is 6.42 Å². The zero-order valence-electron chi connectivity index (χ0n) is 17.0. The summed E-state index contributed by atoms with van der Waals surface area (Å²) >= 11 is 0. The van der Waals surface area contributed by atoms with Crippen molar-refractivity contribution in [3.63, 3.8) is 0 Å². The molecule has 0 saturated heterocycles. The summed E-state index contributed by atoms with van der Waals surface area (Å²) in [5, 5.41) is 0. The quantitative estimate of drug-likeness (QED) is 0.251. The smallest absolute Gasteiger partial charge is 0.234 e. The summed E-state index contributed by atoms with van der Waals surface area (Å²) in [5.74, 6) is 1.53. The van der Waals surface area contributed by atoms with Crippen LogP contribution in [-0.2, 0) is 13.0 Å². The molecule has 0 aliphatic rings. The zero-order chi connectivity index (χ0) is 17.6. The third kappa shape index (κ3) is 8.35. The van der Waals surface area contributed by atoms with Gasteiger partial charge in [0.05, 0.1) is 12.6 Å². The standard InChI is InChI=1S/C22H43N2/c1-5-7-8-9-10-11-12-13-14-15-16-17-22-23(18-6-2)19-20-24(22)21(3)4/h19-21H,5-18H2,1-4H3/q+1. The minimum Gasteiger partial charge on any atom is -0.234 e. The van der Waals surface area contributed by atoms with Gasteiger partial charge < -0.3 is 0 Å². The number of hydrogen-bond donors (Lipinski definition) is 0. The van der Waals surface area contributed by atoms with E-state index in [1.54, 1.807) is 0 Å². The fraction of sp³-hybridized carbons (Fsp3) is 0.864. The third-order valence-electron chi connectivity index (χ3n) is 5.06. The number of rotatable bonds is 15. The van der Waals surface area contributed by atoms with Gasteiger partial charge in [0.1, 0.15) is 12.4 Å². The predicted octanol–water partition coefficient (Wildman–Crippen LogP) is 6.62. The lowest BCUT2D eigenvalue weighted by molar-refractivity contribution is -0.704. The molecule has 24 heavy (non-hydrogen) atoms. The molecule has 0 aliphatic carbocycles. The van der Waals surface area contributed by atoms with Gasteiger partial charge >= 0.3 is 0 Å². The van der Waals surface area contributed by atoms with Gasteiger partial charge in [-0.3, -0.25) is 0 Å². The highest BCUT2D eigenvalue weighted by Gasteiger charge is 2.18. The van der Waals surface area contributed by atoms with Crippen molar-refractivity contribution in [3.8, 4) is 0 Å². The SMILES string of the molecule is CCCCCCCCCCCCCc1n(C(C)C)cc[n+]1CCC. The van der Waals surface area contributed by atoms with Gasteiger partial charge in [-0.05, 0) is 26.7 Å². The minimum atomic E-state index is 0.575. The topological polar surface area (TPSA) is 8.81 Å². The van der Waals surface area contributed by atoms with Crippen molar-refractivity contribution < 1.29 is 4.57 Å². The van der Waals surface area contributed by atoms with Crippen LogP contribution in [0.4, 0.5) is 0 Å². The average molecular weight is 336 g/mol. The van der Waals surface area contributed by atoms with Gasteiger partial charge in [-0.25, -0.2) is 9.13 Å². The first kappa shape index (κ1) is 21.3. The van der Waals surface area contributed by atoms with E-state index in [0.29, 0.717) is 6.04 Å². The van der Waals surface area contributed by atoms with Crippen molar-refractivity contribution in [2.75, 3.05) is 0 Å². The van der Waals surface area contributed by atoms with Crippen molar-refractivity contribution in [1.82, 2.24) is 4.57 Å². The van der Waals surface area contributed by atoms with Crippen LogP contribution >= 0.6 is 0 Å². The predicted molar refractivity (Wildman–Crippen MR) is 105 cm³/mol. The Morgan fingerprint density at radius 2 is 1.33 bits per heavy atom. The van der Waals surface area contributed by atoms with Crippen LogP contribution in [0.3, 0.4) is 0 Å². The molecule has 0 N–H and O–H groups in total. The normalized spacial score (nSPS) is 11.5. The van der Waals surface area contributed by atoms with Crippen LogP contribution in [0.5, 0.6) is 0 Å². The van der Waals surface area contributed by atoms with Gasteiger partial charge in [-0.1, -0.05) is 78.1 Å². The largest absolute Gasteiger partial charge is 0.256 e. The van der Waals surface area contributed by atoms with Crippen molar-refractivity contribution in [2.45, 2.75) is 124 Å². The number of aryl methyl sites for hydroxylation is 1. The van der Waals surface area contributed by atoms with E-state index >= 15 is 0 Å². The molecule has 0 amide bonds. The summed E-state index contributed by atoms with van der Waals surface area (Å²) < 4.78 is 4.93. The molecule has 0 aliphatic heterocycles. The van der Waals surface area contributed by atoms with E-state index in [9.17, 15) is 0 Å². The fourth-order valence-corrected chi connectivity index (χ4v) is 3.61. The molecular weight excluding hydrogens is 292 g/mol. The molecule has 1 aromatic heterocycles. The zero-order valence-corrected chi connectivity index (χ0v) is 17.0. The summed E-state index contributed by atoms with van der Waals surface area (Å²) in [6.07, 6.45) is 22.7. The van der Waals surface area contributed by atoms with Crippen LogP contribution in [-0.4, -0.2) is 4.57 Å². The molecular formula is C22H43N2+. The van der Waals surface area contributed by atoms with E-state index in [-0.39, 0.29) is 0 Å². The highest BCUT2D eigenvalue weighted by atomic mass is 15.2. The van der Waals surface area contributed by atoms with Gasteiger partial charge in [-0.15, -0.1) is 0 Å². The molecule has 0 unspecified atom stereocenters. The van der Waals surface area contributed by atoms with Crippen molar-refractivity contribution >= 4 is 0 Å². The first-order valence-electron chi connectivity index (χ1n) is 10.8. The summed E-state index contributed by atoms with van der Waals surface area (Å²) in [6.45, 7) is 10.3. The number of hydrogen-bond acceptors (Lipinski definition) is 0. The Hall–Kier alpha value is -0.790. The Bertz CT molecular complexity index is 406. The van der Waals surface area contributed by atoms with E-state index < -0.39 is 0 Å². The van der Waals surface area contributed by atoms with Gasteiger partial charge in [-0.2, -0.15) is 0 Å². The van der Waals surface area contributed by atoms with Crippen LogP contribution in [0.2, 0.25) is 0 Å². The molecule has 0 radical (unpaired) electrons. The summed E-state index contributed by atoms with van der Waals surface area (Å²) in [6, 6.07) is 0.575. The van der Waals surface area contributed by atoms with Crippen LogP contribution in [0.1, 0.15) is 117 Å². The van der Waals surface area contributed by atoms with Crippen LogP contribution in [0.25, 0.3) is 0 Å². The number of unbranched alkanes of at least 4 members (excludes halogenated alkanes) is 10. The van der Waals surface area contributed by atoms with Crippen LogP contribution in [0.15, 0.2) is 12.4 Å². The van der Waals surface area contributed by atoms with E-state index in [4.69, 9.17) is 0 Å². The van der Waals surface area contributed by atoms with E-state index in [0.717, 1.165) is 6.54 Å². The van der Waals surface area contributed by atoms with Crippen molar-refractivity contribution in [2.24, 2.45) is 0 Å². The number of imidazole rings is 1. The van der Waals surface area contributed by atoms with E-state index in [1.807, 2.05) is 0 Å². The summed E-state index contributed by atoms with van der Waals surface area (Å²) in [7, 11) is 0. The third-order valence-corrected chi connectivity index (χ3v) is 5.06. The minimum absolute atomic E-state index is 0.575. The summed E-state index contributed by atoms with van der Waals surface area (Å²) in [5.41, 5.74) is 0. The molecule has 2 heteroatoms. The second kappa shape index (κ2) is 13.5. The van der Waals surface area contributed by atoms with Gasteiger partial charge in [0.15, 0.2) is 0 Å². The molecule has 0 atom stereocenters. The van der Waals surface area contributed by atoms with Gasteiger partial charge in [0.25, 0.3) is 5.82 Å². The Morgan fingerprint density at radius 1 is 0.792 bits per heavy atom. The molecule has 0 aromatic carbocycles. The Labute approximate surface area is 151 Å². The van der Waals surface area contributed by atoms with Crippen LogP contribution in [0, 0.1) is 0 Å². The second-order valence-corrected chi connectivity index (χ2v) is 7.69. The van der Waals surface area contributed by atoms with E-state index in [2.05, 4.69) is 49.2 Å².